The van der Waals surface area contributed by atoms with Crippen LogP contribution in [0.5, 0.6) is 11.5 Å². The molecule has 4 aromatic rings. The number of thiazole rings is 1. The van der Waals surface area contributed by atoms with Crippen molar-refractivity contribution in [3.63, 3.8) is 0 Å². The second kappa shape index (κ2) is 9.86. The van der Waals surface area contributed by atoms with Gasteiger partial charge in [-0.15, -0.1) is 11.3 Å². The quantitative estimate of drug-likeness (QED) is 0.141. The molecule has 162 valence electrons. The topological polar surface area (TPSA) is 86.0 Å². The Morgan fingerprint density at radius 1 is 1.19 bits per heavy atom. The normalized spacial score (nSPS) is 11.0. The molecule has 0 fully saturated rings. The lowest BCUT2D eigenvalue weighted by atomic mass is 10.2. The van der Waals surface area contributed by atoms with Crippen LogP contribution in [0.4, 0.5) is 5.13 Å². The van der Waals surface area contributed by atoms with Gasteiger partial charge in [0.25, 0.3) is 0 Å². The number of nitrogens with zero attached hydrogens (tertiary/aromatic N) is 2. The number of anilines is 1. The maximum absolute atomic E-state index is 12.1. The third kappa shape index (κ3) is 5.11. The first-order valence-electron chi connectivity index (χ1n) is 9.17. The highest BCUT2D eigenvalue weighted by molar-refractivity contribution is 7.14. The van der Waals surface area contributed by atoms with Crippen LogP contribution in [0, 0.1) is 0 Å². The SMILES string of the molecule is COc1cc(/C=N\Nc2nc(-c3ccc(Cl)cc3Cl)cs2)ccc1OC(=O)c1ccco1. The number of hydrogen-bond donors (Lipinski definition) is 1. The van der Waals surface area contributed by atoms with E-state index in [1.165, 1.54) is 30.8 Å². The first-order chi connectivity index (χ1) is 15.5. The second-order valence-electron chi connectivity index (χ2n) is 6.31. The minimum atomic E-state index is -0.614. The zero-order valence-corrected chi connectivity index (χ0v) is 18.9. The van der Waals surface area contributed by atoms with Gasteiger partial charge in [0.2, 0.25) is 10.9 Å². The second-order valence-corrected chi connectivity index (χ2v) is 8.01. The number of halogens is 2. The molecule has 0 saturated heterocycles. The van der Waals surface area contributed by atoms with Crippen LogP contribution >= 0.6 is 34.5 Å². The number of nitrogens with one attached hydrogen (secondary N) is 1. The van der Waals surface area contributed by atoms with Crippen LogP contribution in [0.1, 0.15) is 16.1 Å². The van der Waals surface area contributed by atoms with Crippen molar-refractivity contribution in [1.29, 1.82) is 0 Å². The van der Waals surface area contributed by atoms with E-state index in [0.717, 1.165) is 16.8 Å². The fourth-order valence-electron chi connectivity index (χ4n) is 2.70. The lowest BCUT2D eigenvalue weighted by molar-refractivity contribution is 0.0696. The number of rotatable bonds is 7. The first kappa shape index (κ1) is 21.9. The van der Waals surface area contributed by atoms with Crippen LogP contribution in [-0.2, 0) is 0 Å². The zero-order valence-electron chi connectivity index (χ0n) is 16.5. The maximum atomic E-state index is 12.1. The van der Waals surface area contributed by atoms with Gasteiger partial charge < -0.3 is 13.9 Å². The van der Waals surface area contributed by atoms with Gasteiger partial charge in [-0.2, -0.15) is 5.10 Å². The molecule has 0 aliphatic carbocycles. The van der Waals surface area contributed by atoms with Crippen LogP contribution in [0.15, 0.2) is 69.7 Å². The van der Waals surface area contributed by atoms with E-state index in [4.69, 9.17) is 37.1 Å². The standard InChI is InChI=1S/C22H15Cl2N3O4S/c1-29-20-9-13(4-7-18(20)31-21(28)19-3-2-8-30-19)11-25-27-22-26-17(12-32-22)15-6-5-14(23)10-16(15)24/h2-12H,1H3,(H,26,27)/b25-11-. The smallest absolute Gasteiger partial charge is 0.379 e. The van der Waals surface area contributed by atoms with Crippen molar-refractivity contribution >= 4 is 51.9 Å². The van der Waals surface area contributed by atoms with E-state index >= 15 is 0 Å². The van der Waals surface area contributed by atoms with Crippen LogP contribution in [0.2, 0.25) is 10.0 Å². The minimum absolute atomic E-state index is 0.101. The molecule has 7 nitrogen and oxygen atoms in total. The fourth-order valence-corrected chi connectivity index (χ4v) is 3.87. The van der Waals surface area contributed by atoms with Crippen LogP contribution in [0.3, 0.4) is 0 Å². The molecule has 0 atom stereocenters. The summed E-state index contributed by atoms with van der Waals surface area (Å²) in [5.41, 5.74) is 5.12. The zero-order chi connectivity index (χ0) is 22.5. The molecule has 0 spiro atoms. The van der Waals surface area contributed by atoms with E-state index in [-0.39, 0.29) is 11.5 Å². The molecule has 2 heterocycles. The van der Waals surface area contributed by atoms with Crippen LogP contribution in [-0.4, -0.2) is 24.3 Å². The minimum Gasteiger partial charge on any atom is -0.493 e. The molecule has 0 radical (unpaired) electrons. The number of benzene rings is 2. The van der Waals surface area contributed by atoms with Gasteiger partial charge in [0.15, 0.2) is 11.5 Å². The lowest BCUT2D eigenvalue weighted by Gasteiger charge is -2.08. The van der Waals surface area contributed by atoms with Crippen molar-refractivity contribution in [2.24, 2.45) is 5.10 Å². The Morgan fingerprint density at radius 3 is 2.81 bits per heavy atom. The van der Waals surface area contributed by atoms with Crippen molar-refractivity contribution in [2.75, 3.05) is 12.5 Å². The van der Waals surface area contributed by atoms with Crippen molar-refractivity contribution in [3.05, 3.63) is 81.5 Å². The molecule has 0 unspecified atom stereocenters. The van der Waals surface area contributed by atoms with Gasteiger partial charge in [-0.25, -0.2) is 9.78 Å². The summed E-state index contributed by atoms with van der Waals surface area (Å²) >= 11 is 13.6. The number of ether oxygens (including phenoxy) is 2. The monoisotopic (exact) mass is 487 g/mol. The van der Waals surface area contributed by atoms with Gasteiger partial charge in [0.05, 0.1) is 30.3 Å². The predicted octanol–water partition coefficient (Wildman–Crippen LogP) is 6.38. The highest BCUT2D eigenvalue weighted by Crippen LogP contribution is 2.32. The largest absolute Gasteiger partial charge is 0.493 e. The first-order valence-corrected chi connectivity index (χ1v) is 10.8. The summed E-state index contributed by atoms with van der Waals surface area (Å²) < 4.78 is 15.7. The third-order valence-electron chi connectivity index (χ3n) is 4.20. The van der Waals surface area contributed by atoms with E-state index in [1.807, 2.05) is 11.4 Å². The van der Waals surface area contributed by atoms with E-state index in [9.17, 15) is 4.79 Å². The summed E-state index contributed by atoms with van der Waals surface area (Å²) in [5, 5.41) is 7.76. The summed E-state index contributed by atoms with van der Waals surface area (Å²) in [6.07, 6.45) is 2.99. The van der Waals surface area contributed by atoms with Crippen LogP contribution in [0.25, 0.3) is 11.3 Å². The molecule has 0 aliphatic heterocycles. The molecule has 1 N–H and O–H groups in total. The van der Waals surface area contributed by atoms with Gasteiger partial charge in [0.1, 0.15) is 0 Å². The van der Waals surface area contributed by atoms with Gasteiger partial charge >= 0.3 is 5.97 Å². The molecule has 0 amide bonds. The molecule has 10 heteroatoms. The highest BCUT2D eigenvalue weighted by Gasteiger charge is 2.15. The van der Waals surface area contributed by atoms with Crippen molar-refractivity contribution in [2.45, 2.75) is 0 Å². The average molecular weight is 488 g/mol. The Bertz CT molecular complexity index is 1270. The van der Waals surface area contributed by atoms with Gasteiger partial charge in [-0.1, -0.05) is 23.2 Å². The van der Waals surface area contributed by atoms with E-state index < -0.39 is 5.97 Å². The Kier molecular flexibility index (Phi) is 6.75. The molecule has 0 bridgehead atoms. The molecule has 32 heavy (non-hydrogen) atoms. The number of aromatic nitrogens is 1. The average Bonchev–Trinajstić information content (AvgIpc) is 3.47. The Morgan fingerprint density at radius 2 is 2.06 bits per heavy atom. The molecule has 4 rings (SSSR count). The summed E-state index contributed by atoms with van der Waals surface area (Å²) in [6.45, 7) is 0. The molecular formula is C22H15Cl2N3O4S. The third-order valence-corrected chi connectivity index (χ3v) is 5.49. The number of furan rings is 1. The number of esters is 1. The number of carbonyl (C=O) groups excluding carboxylic acids is 1. The highest BCUT2D eigenvalue weighted by atomic mass is 35.5. The Labute approximate surface area is 197 Å². The molecule has 2 aromatic carbocycles. The number of carbonyl (C=O) groups is 1. The fraction of sp³-hybridized carbons (Fsp3) is 0.0455. The van der Waals surface area contributed by atoms with Crippen molar-refractivity contribution in [3.8, 4) is 22.8 Å². The maximum Gasteiger partial charge on any atom is 0.379 e. The molecule has 0 saturated carbocycles. The Hall–Kier alpha value is -3.33. The summed E-state index contributed by atoms with van der Waals surface area (Å²) in [7, 11) is 1.48. The molecular weight excluding hydrogens is 473 g/mol. The number of hydrazone groups is 1. The van der Waals surface area contributed by atoms with Gasteiger partial charge in [-0.05, 0) is 54.1 Å². The van der Waals surface area contributed by atoms with Gasteiger partial charge in [0, 0.05) is 16.0 Å². The van der Waals surface area contributed by atoms with E-state index in [0.29, 0.717) is 20.9 Å². The molecule has 2 aromatic heterocycles. The van der Waals surface area contributed by atoms with Crippen molar-refractivity contribution in [1.82, 2.24) is 4.98 Å². The number of hydrogen-bond acceptors (Lipinski definition) is 8. The lowest BCUT2D eigenvalue weighted by Crippen LogP contribution is -2.08. The van der Waals surface area contributed by atoms with Crippen molar-refractivity contribution < 1.29 is 18.7 Å². The van der Waals surface area contributed by atoms with E-state index in [1.54, 1.807) is 42.6 Å². The van der Waals surface area contributed by atoms with Crippen LogP contribution < -0.4 is 14.9 Å². The summed E-state index contributed by atoms with van der Waals surface area (Å²) in [5.74, 6) is 0.132. The summed E-state index contributed by atoms with van der Waals surface area (Å²) in [6, 6.07) is 13.4. The predicted molar refractivity (Wildman–Crippen MR) is 125 cm³/mol. The van der Waals surface area contributed by atoms with Gasteiger partial charge in [-0.3, -0.25) is 5.43 Å². The Balaban J connectivity index is 1.42. The van der Waals surface area contributed by atoms with E-state index in [2.05, 4.69) is 15.5 Å². The summed E-state index contributed by atoms with van der Waals surface area (Å²) in [4.78, 5) is 16.6. The number of methoxy groups -OCH3 is 1. The molecule has 0 aliphatic rings.